The first-order valence-electron chi connectivity index (χ1n) is 12.3. The molecule has 0 unspecified atom stereocenters. The summed E-state index contributed by atoms with van der Waals surface area (Å²) in [6.45, 7) is 2.50. The molecule has 0 aliphatic carbocycles. The maximum absolute atomic E-state index is 12.8. The first-order chi connectivity index (χ1) is 17.9. The second-order valence-corrected chi connectivity index (χ2v) is 9.57. The van der Waals surface area contributed by atoms with Crippen molar-refractivity contribution < 1.29 is 35.9 Å². The van der Waals surface area contributed by atoms with Crippen LogP contribution in [0.2, 0.25) is 0 Å². The smallest absolute Gasteiger partial charge is 0.371 e. The largest absolute Gasteiger partial charge is 0.416 e. The van der Waals surface area contributed by atoms with Crippen molar-refractivity contribution in [3.63, 3.8) is 0 Å². The third-order valence-electron chi connectivity index (χ3n) is 6.99. The number of amides is 2. The van der Waals surface area contributed by atoms with Crippen molar-refractivity contribution in [2.75, 3.05) is 37.6 Å². The van der Waals surface area contributed by atoms with Crippen LogP contribution in [0.4, 0.5) is 32.0 Å². The Bertz CT molecular complexity index is 1130. The van der Waals surface area contributed by atoms with Crippen LogP contribution in [-0.2, 0) is 17.1 Å². The molecular weight excluding hydrogens is 518 g/mol. The summed E-state index contributed by atoms with van der Waals surface area (Å²) in [5, 5.41) is 5.22. The van der Waals surface area contributed by atoms with Crippen LogP contribution in [0.1, 0.15) is 40.7 Å². The molecule has 2 fully saturated rings. The minimum absolute atomic E-state index is 0.110. The minimum atomic E-state index is -4.57. The van der Waals surface area contributed by atoms with E-state index in [-0.39, 0.29) is 18.2 Å². The third-order valence-corrected chi connectivity index (χ3v) is 6.99. The standard InChI is InChI=1S/C26H28F6N4O2/c27-25(28,29)18-4-6-21(7-5-18)35-12-9-22(10-13-35)36-11-8-20(16-36)34-23(37)15-33-24(38)17-2-1-3-19(14-17)26(30,31)32/h1-7,14,20,22H,8-13,15-16H2,(H,33,38)(H,34,37)/t20-/m1/s1/i33+2,34+2. The number of anilines is 1. The Labute approximate surface area is 216 Å². The molecule has 0 aromatic heterocycles. The van der Waals surface area contributed by atoms with E-state index in [1.165, 1.54) is 18.2 Å². The zero-order valence-electron chi connectivity index (χ0n) is 20.4. The first-order valence-corrected chi connectivity index (χ1v) is 12.3. The van der Waals surface area contributed by atoms with Crippen LogP contribution in [0.3, 0.4) is 0 Å². The van der Waals surface area contributed by atoms with Crippen molar-refractivity contribution in [3.05, 3.63) is 65.2 Å². The highest BCUT2D eigenvalue weighted by Crippen LogP contribution is 2.32. The Morgan fingerprint density at radius 2 is 1.50 bits per heavy atom. The van der Waals surface area contributed by atoms with Gasteiger partial charge in [-0.15, -0.1) is 0 Å². The highest BCUT2D eigenvalue weighted by Gasteiger charge is 2.33. The van der Waals surface area contributed by atoms with Crippen molar-refractivity contribution in [1.29, 1.82) is 0 Å². The Morgan fingerprint density at radius 3 is 2.13 bits per heavy atom. The summed E-state index contributed by atoms with van der Waals surface area (Å²) < 4.78 is 76.9. The highest BCUT2D eigenvalue weighted by atomic mass is 19.4. The third kappa shape index (κ3) is 6.97. The lowest BCUT2D eigenvalue weighted by Gasteiger charge is -2.38. The number of hydrogen-bond donors (Lipinski definition) is 2. The predicted molar refractivity (Wildman–Crippen MR) is 129 cm³/mol. The number of carbonyl (C=O) groups excluding carboxylic acids is 2. The summed E-state index contributed by atoms with van der Waals surface area (Å²) in [7, 11) is 0. The number of halogens is 6. The molecule has 2 heterocycles. The molecule has 6 nitrogen and oxygen atoms in total. The molecule has 38 heavy (non-hydrogen) atoms. The zero-order valence-corrected chi connectivity index (χ0v) is 20.4. The number of nitrogens with one attached hydrogen (secondary N) is 2. The summed E-state index contributed by atoms with van der Waals surface area (Å²) in [4.78, 5) is 28.9. The second-order valence-electron chi connectivity index (χ2n) is 9.57. The Morgan fingerprint density at radius 1 is 0.842 bits per heavy atom. The van der Waals surface area contributed by atoms with Gasteiger partial charge in [0.05, 0.1) is 17.7 Å². The SMILES string of the molecule is O=C(C[16NH]C(=O)c1cccc(C(F)(F)F)c1)[16NH][C@@H]1CCN(C2CCN(c3ccc(C(F)(F)F)cc3)CC2)C1. The Balaban J connectivity index is 1.19. The lowest BCUT2D eigenvalue weighted by molar-refractivity contribution is -0.138. The molecule has 0 bridgehead atoms. The molecule has 1 atom stereocenters. The zero-order chi connectivity index (χ0) is 27.5. The van der Waals surface area contributed by atoms with Crippen LogP contribution in [0.25, 0.3) is 0 Å². The van der Waals surface area contributed by atoms with Gasteiger partial charge >= 0.3 is 12.4 Å². The topological polar surface area (TPSA) is 64.7 Å². The molecule has 0 radical (unpaired) electrons. The van der Waals surface area contributed by atoms with E-state index in [1.807, 2.05) is 0 Å². The summed E-state index contributed by atoms with van der Waals surface area (Å²) in [5.41, 5.74) is -1.03. The van der Waals surface area contributed by atoms with Crippen molar-refractivity contribution in [1.82, 2.24) is 15.5 Å². The van der Waals surface area contributed by atoms with Crippen LogP contribution >= 0.6 is 0 Å². The fourth-order valence-corrected chi connectivity index (χ4v) is 4.97. The fraction of sp³-hybridized carbons (Fsp3) is 0.462. The van der Waals surface area contributed by atoms with Crippen LogP contribution in [0.5, 0.6) is 0 Å². The van der Waals surface area contributed by atoms with Crippen molar-refractivity contribution in [2.45, 2.75) is 43.7 Å². The van der Waals surface area contributed by atoms with Gasteiger partial charge in [0.15, 0.2) is 0 Å². The minimum Gasteiger partial charge on any atom is -0.371 e. The average molecular weight is 547 g/mol. The van der Waals surface area contributed by atoms with E-state index in [1.54, 1.807) is 0 Å². The number of carbonyl (C=O) groups is 2. The van der Waals surface area contributed by atoms with Crippen molar-refractivity contribution in [2.24, 2.45) is 0 Å². The molecule has 4 rings (SSSR count). The van der Waals surface area contributed by atoms with E-state index in [0.29, 0.717) is 25.7 Å². The number of alkyl halides is 6. The number of rotatable bonds is 6. The lowest BCUT2D eigenvalue weighted by atomic mass is 10.0. The maximum Gasteiger partial charge on any atom is 0.416 e. The number of hydrogen-bond acceptors (Lipinski definition) is 4. The van der Waals surface area contributed by atoms with Gasteiger partial charge in [0, 0.05) is 49.5 Å². The van der Waals surface area contributed by atoms with E-state index >= 15 is 0 Å². The molecule has 2 aromatic rings. The predicted octanol–water partition coefficient (Wildman–Crippen LogP) is 4.31. The molecule has 2 aromatic carbocycles. The molecule has 2 N–H and O–H groups in total. The molecule has 2 aliphatic heterocycles. The molecule has 2 aliphatic rings. The van der Waals surface area contributed by atoms with E-state index < -0.39 is 35.3 Å². The van der Waals surface area contributed by atoms with Gasteiger partial charge in [-0.1, -0.05) is 6.07 Å². The number of nitrogens with zero attached hydrogens (tertiary/aromatic N) is 2. The van der Waals surface area contributed by atoms with Gasteiger partial charge in [-0.2, -0.15) is 26.3 Å². The molecule has 0 spiro atoms. The van der Waals surface area contributed by atoms with Crippen LogP contribution in [0, 0.1) is 0 Å². The molecular formula is C26H28F6N4O2. The number of benzene rings is 2. The number of likely N-dealkylation sites (tertiary alicyclic amines) is 1. The van der Waals surface area contributed by atoms with Gasteiger partial charge in [-0.3, -0.25) is 14.5 Å². The fourth-order valence-electron chi connectivity index (χ4n) is 4.97. The maximum atomic E-state index is 12.8. The van der Waals surface area contributed by atoms with E-state index in [2.05, 4.69) is 20.4 Å². The quantitative estimate of drug-likeness (QED) is 0.531. The summed E-state index contributed by atoms with van der Waals surface area (Å²) in [6.07, 6.45) is -6.52. The Kier molecular flexibility index (Phi) is 8.19. The van der Waals surface area contributed by atoms with Gasteiger partial charge in [0.1, 0.15) is 0 Å². The molecule has 12 heteroatoms. The van der Waals surface area contributed by atoms with Crippen LogP contribution in [-0.4, -0.2) is 61.5 Å². The molecule has 2 amide bonds. The van der Waals surface area contributed by atoms with Gasteiger partial charge in [0.25, 0.3) is 5.91 Å². The summed E-state index contributed by atoms with van der Waals surface area (Å²) in [6, 6.07) is 9.36. The highest BCUT2D eigenvalue weighted by molar-refractivity contribution is 5.96. The van der Waals surface area contributed by atoms with Gasteiger partial charge < -0.3 is 15.5 Å². The van der Waals surface area contributed by atoms with E-state index in [4.69, 9.17) is 0 Å². The molecule has 2 saturated heterocycles. The van der Waals surface area contributed by atoms with Crippen molar-refractivity contribution in [3.8, 4) is 0 Å². The van der Waals surface area contributed by atoms with Crippen molar-refractivity contribution >= 4 is 17.5 Å². The van der Waals surface area contributed by atoms with Gasteiger partial charge in [-0.05, 0) is 61.7 Å². The summed E-state index contributed by atoms with van der Waals surface area (Å²) >= 11 is 0. The molecule has 206 valence electrons. The van der Waals surface area contributed by atoms with E-state index in [9.17, 15) is 35.9 Å². The van der Waals surface area contributed by atoms with Crippen LogP contribution < -0.4 is 15.5 Å². The average Bonchev–Trinajstić information content (AvgIpc) is 3.35. The lowest BCUT2D eigenvalue weighted by Crippen LogP contribution is -2.46. The van der Waals surface area contributed by atoms with Gasteiger partial charge in [0.2, 0.25) is 5.91 Å². The number of piperidine rings is 1. The molecule has 0 saturated carbocycles. The van der Waals surface area contributed by atoms with E-state index in [0.717, 1.165) is 61.8 Å². The summed E-state index contributed by atoms with van der Waals surface area (Å²) in [5.74, 6) is -1.19. The first kappa shape index (κ1) is 27.7. The van der Waals surface area contributed by atoms with Crippen LogP contribution in [0.15, 0.2) is 48.5 Å². The second kappa shape index (κ2) is 11.2. The van der Waals surface area contributed by atoms with Gasteiger partial charge in [-0.25, -0.2) is 0 Å². The monoisotopic (exact) mass is 546 g/mol. The Hall–Kier alpha value is -3.28. The normalized spacial score (nSPS) is 19.4.